The van der Waals surface area contributed by atoms with Crippen LogP contribution in [0.25, 0.3) is 0 Å². The van der Waals surface area contributed by atoms with Crippen molar-refractivity contribution in [1.82, 2.24) is 0 Å². The summed E-state index contributed by atoms with van der Waals surface area (Å²) in [6.07, 6.45) is -0.357. The molecule has 0 aromatic heterocycles. The van der Waals surface area contributed by atoms with Crippen molar-refractivity contribution in [3.63, 3.8) is 0 Å². The zero-order chi connectivity index (χ0) is 9.26. The minimum atomic E-state index is -0.400. The molecule has 0 bridgehead atoms. The predicted molar refractivity (Wildman–Crippen MR) is 46.4 cm³/mol. The highest BCUT2D eigenvalue weighted by molar-refractivity contribution is 5.58. The quantitative estimate of drug-likeness (QED) is 0.682. The van der Waals surface area contributed by atoms with Crippen LogP contribution in [0.5, 0.6) is 5.75 Å². The minimum absolute atomic E-state index is 0.110. The van der Waals surface area contributed by atoms with Crippen LogP contribution in [0.15, 0.2) is 18.2 Å². The number of rotatable bonds is 1. The molecule has 4 heteroatoms. The smallest absolute Gasteiger partial charge is 0.178 e. The fourth-order valence-corrected chi connectivity index (χ4v) is 1.30. The van der Waals surface area contributed by atoms with Crippen molar-refractivity contribution >= 4 is 5.69 Å². The number of benzene rings is 1. The van der Waals surface area contributed by atoms with Gasteiger partial charge in [0.1, 0.15) is 6.10 Å². The second kappa shape index (κ2) is 3.22. The van der Waals surface area contributed by atoms with Gasteiger partial charge in [-0.3, -0.25) is 0 Å². The normalized spacial score (nSPS) is 20.0. The van der Waals surface area contributed by atoms with E-state index >= 15 is 0 Å². The Bertz CT molecular complexity index is 316. The number of halogens is 1. The average molecular weight is 183 g/mol. The lowest BCUT2D eigenvalue weighted by molar-refractivity contribution is 0.115. The van der Waals surface area contributed by atoms with E-state index in [0.717, 1.165) is 0 Å². The van der Waals surface area contributed by atoms with Crippen LogP contribution in [0.2, 0.25) is 0 Å². The number of fused-ring (bicyclic) bond motifs is 1. The van der Waals surface area contributed by atoms with Crippen molar-refractivity contribution in [2.24, 2.45) is 0 Å². The molecule has 1 heterocycles. The summed E-state index contributed by atoms with van der Waals surface area (Å²) in [4.78, 5) is 0. The molecule has 1 aromatic carbocycles. The molecule has 1 aliphatic heterocycles. The van der Waals surface area contributed by atoms with Gasteiger partial charge in [0.25, 0.3) is 0 Å². The molecule has 0 fully saturated rings. The van der Waals surface area contributed by atoms with Crippen molar-refractivity contribution in [2.75, 3.05) is 18.5 Å². The molecule has 3 nitrogen and oxygen atoms in total. The molecule has 0 saturated carbocycles. The van der Waals surface area contributed by atoms with Crippen LogP contribution in [0.3, 0.4) is 0 Å². The van der Waals surface area contributed by atoms with Crippen LogP contribution in [0, 0.1) is 5.82 Å². The molecule has 2 N–H and O–H groups in total. The Morgan fingerprint density at radius 1 is 1.62 bits per heavy atom. The number of para-hydroxylation sites is 1. The second-order valence-electron chi connectivity index (χ2n) is 2.92. The molecular weight excluding hydrogens is 173 g/mol. The summed E-state index contributed by atoms with van der Waals surface area (Å²) in [6, 6.07) is 4.69. The van der Waals surface area contributed by atoms with Crippen molar-refractivity contribution in [1.29, 1.82) is 0 Å². The molecule has 13 heavy (non-hydrogen) atoms. The highest BCUT2D eigenvalue weighted by Crippen LogP contribution is 2.31. The van der Waals surface area contributed by atoms with E-state index in [9.17, 15) is 4.39 Å². The first-order valence-corrected chi connectivity index (χ1v) is 4.11. The molecule has 1 atom stereocenters. The number of hydrogen-bond donors (Lipinski definition) is 2. The lowest BCUT2D eigenvalue weighted by Crippen LogP contribution is -2.34. The summed E-state index contributed by atoms with van der Waals surface area (Å²) in [5.74, 6) is -0.198. The van der Waals surface area contributed by atoms with Gasteiger partial charge < -0.3 is 15.2 Å². The molecule has 2 rings (SSSR count). The largest absolute Gasteiger partial charge is 0.481 e. The second-order valence-corrected chi connectivity index (χ2v) is 2.92. The monoisotopic (exact) mass is 183 g/mol. The van der Waals surface area contributed by atoms with Gasteiger partial charge >= 0.3 is 0 Å². The van der Waals surface area contributed by atoms with Gasteiger partial charge in [-0.15, -0.1) is 0 Å². The van der Waals surface area contributed by atoms with Crippen molar-refractivity contribution in [3.8, 4) is 5.75 Å². The summed E-state index contributed by atoms with van der Waals surface area (Å²) >= 11 is 0. The van der Waals surface area contributed by atoms with Crippen molar-refractivity contribution in [2.45, 2.75) is 6.10 Å². The number of nitrogens with one attached hydrogen (secondary N) is 1. The summed E-state index contributed by atoms with van der Waals surface area (Å²) in [6.45, 7) is 0.397. The third-order valence-corrected chi connectivity index (χ3v) is 1.98. The fourth-order valence-electron chi connectivity index (χ4n) is 1.30. The van der Waals surface area contributed by atoms with Gasteiger partial charge in [0, 0.05) is 0 Å². The maximum absolute atomic E-state index is 13.1. The number of aliphatic hydroxyl groups is 1. The van der Waals surface area contributed by atoms with Crippen molar-refractivity contribution < 1.29 is 14.2 Å². The Morgan fingerprint density at radius 2 is 2.46 bits per heavy atom. The van der Waals surface area contributed by atoms with Crippen LogP contribution < -0.4 is 10.1 Å². The van der Waals surface area contributed by atoms with Crippen LogP contribution >= 0.6 is 0 Å². The van der Waals surface area contributed by atoms with E-state index in [4.69, 9.17) is 9.84 Å². The van der Waals surface area contributed by atoms with E-state index in [-0.39, 0.29) is 18.5 Å². The molecular formula is C9H10FNO2. The maximum atomic E-state index is 13.1. The molecule has 1 aliphatic rings. The van der Waals surface area contributed by atoms with Crippen LogP contribution in [0.1, 0.15) is 0 Å². The Balaban J connectivity index is 2.32. The SMILES string of the molecule is OCC1CNc2cccc(F)c2O1. The molecule has 0 radical (unpaired) electrons. The lowest BCUT2D eigenvalue weighted by Gasteiger charge is -2.26. The lowest BCUT2D eigenvalue weighted by atomic mass is 10.2. The molecule has 1 aromatic rings. The molecule has 0 spiro atoms. The molecule has 0 saturated heterocycles. The molecule has 0 amide bonds. The first-order chi connectivity index (χ1) is 6.31. The predicted octanol–water partition coefficient (Wildman–Crippen LogP) is 0.991. The van der Waals surface area contributed by atoms with E-state index in [1.165, 1.54) is 6.07 Å². The standard InChI is InChI=1S/C9H10FNO2/c10-7-2-1-3-8-9(7)13-6(5-12)4-11-8/h1-3,6,11-12H,4-5H2. The topological polar surface area (TPSA) is 41.5 Å². The van der Waals surface area contributed by atoms with Gasteiger partial charge in [-0.2, -0.15) is 0 Å². The Morgan fingerprint density at radius 3 is 3.23 bits per heavy atom. The number of ether oxygens (including phenoxy) is 1. The Labute approximate surface area is 75.1 Å². The zero-order valence-corrected chi connectivity index (χ0v) is 6.96. The summed E-state index contributed by atoms with van der Waals surface area (Å²) in [5.41, 5.74) is 0.643. The van der Waals surface area contributed by atoms with Crippen LogP contribution in [0.4, 0.5) is 10.1 Å². The van der Waals surface area contributed by atoms with E-state index in [2.05, 4.69) is 5.32 Å². The van der Waals surface area contributed by atoms with Gasteiger partial charge in [0.2, 0.25) is 0 Å². The van der Waals surface area contributed by atoms with Crippen molar-refractivity contribution in [3.05, 3.63) is 24.0 Å². The molecule has 0 aliphatic carbocycles. The fraction of sp³-hybridized carbons (Fsp3) is 0.333. The Kier molecular flexibility index (Phi) is 2.06. The van der Waals surface area contributed by atoms with E-state index < -0.39 is 5.82 Å². The average Bonchev–Trinajstić information content (AvgIpc) is 2.18. The number of aliphatic hydroxyl groups excluding tert-OH is 1. The van der Waals surface area contributed by atoms with Gasteiger partial charge in [-0.1, -0.05) is 6.07 Å². The van der Waals surface area contributed by atoms with Gasteiger partial charge in [-0.05, 0) is 12.1 Å². The molecule has 70 valence electrons. The van der Waals surface area contributed by atoms with Gasteiger partial charge in [0.15, 0.2) is 11.6 Å². The minimum Gasteiger partial charge on any atom is -0.481 e. The van der Waals surface area contributed by atoms with Gasteiger partial charge in [-0.25, -0.2) is 4.39 Å². The van der Waals surface area contributed by atoms with E-state index in [1.54, 1.807) is 12.1 Å². The summed E-state index contributed by atoms with van der Waals surface area (Å²) in [5, 5.41) is 11.8. The Hall–Kier alpha value is -1.29. The molecule has 1 unspecified atom stereocenters. The number of hydrogen-bond acceptors (Lipinski definition) is 3. The highest BCUT2D eigenvalue weighted by Gasteiger charge is 2.20. The first-order valence-electron chi connectivity index (χ1n) is 4.11. The maximum Gasteiger partial charge on any atom is 0.178 e. The summed E-state index contributed by atoms with van der Waals surface area (Å²) in [7, 11) is 0. The van der Waals surface area contributed by atoms with Crippen LogP contribution in [-0.4, -0.2) is 24.4 Å². The van der Waals surface area contributed by atoms with Crippen LogP contribution in [-0.2, 0) is 0 Å². The highest BCUT2D eigenvalue weighted by atomic mass is 19.1. The number of anilines is 1. The van der Waals surface area contributed by atoms with Gasteiger partial charge in [0.05, 0.1) is 18.8 Å². The van der Waals surface area contributed by atoms with E-state index in [1.807, 2.05) is 0 Å². The first kappa shape index (κ1) is 8.31. The summed E-state index contributed by atoms with van der Waals surface area (Å²) < 4.78 is 18.4. The third-order valence-electron chi connectivity index (χ3n) is 1.98. The van der Waals surface area contributed by atoms with E-state index in [0.29, 0.717) is 12.2 Å². The zero-order valence-electron chi connectivity index (χ0n) is 6.96. The third kappa shape index (κ3) is 1.45.